The van der Waals surface area contributed by atoms with Gasteiger partial charge in [0.05, 0.1) is 24.2 Å². The quantitative estimate of drug-likeness (QED) is 0.583. The summed E-state index contributed by atoms with van der Waals surface area (Å²) in [5.74, 6) is -0.442. The third-order valence-electron chi connectivity index (χ3n) is 6.82. The van der Waals surface area contributed by atoms with E-state index < -0.39 is 22.9 Å². The molecule has 2 amide bonds. The van der Waals surface area contributed by atoms with Crippen LogP contribution in [0.5, 0.6) is 0 Å². The number of likely N-dealkylation sites (tertiary alicyclic amines) is 1. The molecule has 2 fully saturated rings. The van der Waals surface area contributed by atoms with Gasteiger partial charge in [0.1, 0.15) is 5.82 Å². The van der Waals surface area contributed by atoms with E-state index in [4.69, 9.17) is 4.74 Å². The maximum atomic E-state index is 14.0. The Hall–Kier alpha value is -3.67. The third kappa shape index (κ3) is 3.65. The van der Waals surface area contributed by atoms with Crippen molar-refractivity contribution in [3.63, 3.8) is 0 Å². The molecule has 2 saturated heterocycles. The Morgan fingerprint density at radius 3 is 2.18 bits per heavy atom. The van der Waals surface area contributed by atoms with Gasteiger partial charge in [0.2, 0.25) is 5.91 Å². The predicted octanol–water partition coefficient (Wildman–Crippen LogP) is 4.76. The largest absolute Gasteiger partial charge is 0.439 e. The number of halogens is 1. The summed E-state index contributed by atoms with van der Waals surface area (Å²) in [7, 11) is 0. The number of carbonyl (C=O) groups is 2. The second-order valence-corrected chi connectivity index (χ2v) is 8.95. The molecule has 0 radical (unpaired) electrons. The number of benzene rings is 3. The summed E-state index contributed by atoms with van der Waals surface area (Å²) < 4.78 is 19.5. The molecular weight excluding hydrogens is 419 g/mol. The standard InChI is InChI=1S/C27H25FN2O3/c1-26(20-9-4-2-5-10-20,21-11-6-3-7-12-21)24(31)29-16-15-27(18-29)19-30(25(32)33-27)23-14-8-13-22(28)17-23/h2-14,17H,15-16,18-19H2,1H3. The van der Waals surface area contributed by atoms with Crippen LogP contribution in [-0.2, 0) is 14.9 Å². The van der Waals surface area contributed by atoms with Crippen molar-refractivity contribution in [3.05, 3.63) is 102 Å². The lowest BCUT2D eigenvalue weighted by Crippen LogP contribution is -2.47. The smallest absolute Gasteiger partial charge is 0.415 e. The van der Waals surface area contributed by atoms with Crippen LogP contribution in [0.3, 0.4) is 0 Å². The van der Waals surface area contributed by atoms with Crippen LogP contribution >= 0.6 is 0 Å². The summed E-state index contributed by atoms with van der Waals surface area (Å²) in [4.78, 5) is 29.9. The highest BCUT2D eigenvalue weighted by Gasteiger charge is 2.53. The van der Waals surface area contributed by atoms with E-state index in [0.29, 0.717) is 25.2 Å². The lowest BCUT2D eigenvalue weighted by molar-refractivity contribution is -0.135. The van der Waals surface area contributed by atoms with E-state index in [0.717, 1.165) is 11.1 Å². The molecule has 2 aliphatic rings. The molecular formula is C27H25FN2O3. The van der Waals surface area contributed by atoms with Crippen molar-refractivity contribution in [2.45, 2.75) is 24.4 Å². The van der Waals surface area contributed by atoms with Crippen LogP contribution in [0, 0.1) is 5.82 Å². The highest BCUT2D eigenvalue weighted by molar-refractivity contribution is 5.93. The van der Waals surface area contributed by atoms with Crippen molar-refractivity contribution in [3.8, 4) is 0 Å². The van der Waals surface area contributed by atoms with E-state index in [1.165, 1.54) is 17.0 Å². The van der Waals surface area contributed by atoms with Crippen LogP contribution in [0.1, 0.15) is 24.5 Å². The van der Waals surface area contributed by atoms with Crippen LogP contribution in [0.2, 0.25) is 0 Å². The average Bonchev–Trinajstić information content (AvgIpc) is 3.41. The molecule has 3 aromatic carbocycles. The number of carbonyl (C=O) groups excluding carboxylic acids is 2. The molecule has 2 heterocycles. The lowest BCUT2D eigenvalue weighted by atomic mass is 9.75. The summed E-state index contributed by atoms with van der Waals surface area (Å²) >= 11 is 0. The molecule has 1 unspecified atom stereocenters. The van der Waals surface area contributed by atoms with Crippen LogP contribution < -0.4 is 4.90 Å². The Kier molecular flexibility index (Phi) is 5.16. The fourth-order valence-electron chi connectivity index (χ4n) is 4.97. The Bertz CT molecular complexity index is 1140. The van der Waals surface area contributed by atoms with Gasteiger partial charge in [-0.2, -0.15) is 0 Å². The fraction of sp³-hybridized carbons (Fsp3) is 0.259. The Morgan fingerprint density at radius 1 is 0.939 bits per heavy atom. The first-order valence-electron chi connectivity index (χ1n) is 11.1. The van der Waals surface area contributed by atoms with E-state index in [-0.39, 0.29) is 12.5 Å². The number of nitrogens with zero attached hydrogens (tertiary/aromatic N) is 2. The number of hydrogen-bond acceptors (Lipinski definition) is 3. The molecule has 1 atom stereocenters. The minimum Gasteiger partial charge on any atom is -0.439 e. The molecule has 5 nitrogen and oxygen atoms in total. The average molecular weight is 445 g/mol. The highest BCUT2D eigenvalue weighted by atomic mass is 19.1. The van der Waals surface area contributed by atoms with Gasteiger partial charge in [-0.05, 0) is 36.2 Å². The lowest BCUT2D eigenvalue weighted by Gasteiger charge is -2.34. The summed E-state index contributed by atoms with van der Waals surface area (Å²) in [5, 5.41) is 0. The van der Waals surface area contributed by atoms with Crippen molar-refractivity contribution in [1.82, 2.24) is 4.90 Å². The van der Waals surface area contributed by atoms with Crippen LogP contribution in [0.25, 0.3) is 0 Å². The predicted molar refractivity (Wildman–Crippen MR) is 123 cm³/mol. The maximum Gasteiger partial charge on any atom is 0.415 e. The van der Waals surface area contributed by atoms with Crippen molar-refractivity contribution in [2.75, 3.05) is 24.5 Å². The molecule has 0 bridgehead atoms. The Labute approximate surface area is 192 Å². The van der Waals surface area contributed by atoms with Gasteiger partial charge in [-0.1, -0.05) is 66.7 Å². The third-order valence-corrected chi connectivity index (χ3v) is 6.82. The molecule has 0 saturated carbocycles. The van der Waals surface area contributed by atoms with Gasteiger partial charge in [0, 0.05) is 13.0 Å². The zero-order valence-corrected chi connectivity index (χ0v) is 18.4. The number of amides is 2. The number of ether oxygens (including phenoxy) is 1. The van der Waals surface area contributed by atoms with Gasteiger partial charge < -0.3 is 9.64 Å². The molecule has 0 N–H and O–H groups in total. The van der Waals surface area contributed by atoms with Crippen LogP contribution in [0.4, 0.5) is 14.9 Å². The van der Waals surface area contributed by atoms with E-state index in [9.17, 15) is 14.0 Å². The molecule has 168 valence electrons. The zero-order chi connectivity index (χ0) is 23.1. The minimum absolute atomic E-state index is 0.0305. The van der Waals surface area contributed by atoms with E-state index >= 15 is 0 Å². The van der Waals surface area contributed by atoms with Gasteiger partial charge in [-0.25, -0.2) is 9.18 Å². The molecule has 5 rings (SSSR count). The zero-order valence-electron chi connectivity index (χ0n) is 18.4. The molecule has 33 heavy (non-hydrogen) atoms. The summed E-state index contributed by atoms with van der Waals surface area (Å²) in [5.41, 5.74) is 0.602. The first kappa shape index (κ1) is 21.2. The first-order chi connectivity index (χ1) is 15.9. The molecule has 1 spiro atoms. The van der Waals surface area contributed by atoms with Crippen molar-refractivity contribution < 1.29 is 18.7 Å². The normalized spacial score (nSPS) is 20.4. The second-order valence-electron chi connectivity index (χ2n) is 8.95. The molecule has 3 aromatic rings. The molecule has 6 heteroatoms. The molecule has 0 aliphatic carbocycles. The summed E-state index contributed by atoms with van der Waals surface area (Å²) in [6.07, 6.45) is 0.0273. The first-order valence-corrected chi connectivity index (χ1v) is 11.1. The van der Waals surface area contributed by atoms with E-state index in [2.05, 4.69) is 0 Å². The SMILES string of the molecule is CC(C(=O)N1CCC2(C1)CN(c1cccc(F)c1)C(=O)O2)(c1ccccc1)c1ccccc1. The number of anilines is 1. The van der Waals surface area contributed by atoms with Crippen molar-refractivity contribution in [2.24, 2.45) is 0 Å². The molecule has 0 aromatic heterocycles. The van der Waals surface area contributed by atoms with Gasteiger partial charge in [-0.15, -0.1) is 0 Å². The van der Waals surface area contributed by atoms with E-state index in [1.54, 1.807) is 17.0 Å². The summed E-state index contributed by atoms with van der Waals surface area (Å²) in [6, 6.07) is 25.4. The van der Waals surface area contributed by atoms with Crippen molar-refractivity contribution in [1.29, 1.82) is 0 Å². The van der Waals surface area contributed by atoms with Crippen molar-refractivity contribution >= 4 is 17.7 Å². The van der Waals surface area contributed by atoms with Gasteiger partial charge in [0.25, 0.3) is 0 Å². The molecule has 2 aliphatic heterocycles. The highest BCUT2D eigenvalue weighted by Crippen LogP contribution is 2.39. The maximum absolute atomic E-state index is 14.0. The number of rotatable bonds is 4. The van der Waals surface area contributed by atoms with Crippen LogP contribution in [0.15, 0.2) is 84.9 Å². The fourth-order valence-corrected chi connectivity index (χ4v) is 4.97. The van der Waals surface area contributed by atoms with E-state index in [1.807, 2.05) is 67.6 Å². The summed E-state index contributed by atoms with van der Waals surface area (Å²) in [6.45, 7) is 3.02. The topological polar surface area (TPSA) is 49.9 Å². The van der Waals surface area contributed by atoms with Crippen LogP contribution in [-0.4, -0.2) is 42.1 Å². The Morgan fingerprint density at radius 2 is 1.58 bits per heavy atom. The van der Waals surface area contributed by atoms with Gasteiger partial charge >= 0.3 is 6.09 Å². The number of hydrogen-bond donors (Lipinski definition) is 0. The Balaban J connectivity index is 1.42. The van der Waals surface area contributed by atoms with Gasteiger partial charge in [-0.3, -0.25) is 9.69 Å². The monoisotopic (exact) mass is 444 g/mol. The van der Waals surface area contributed by atoms with Gasteiger partial charge in [0.15, 0.2) is 5.60 Å². The minimum atomic E-state index is -0.876. The second kappa shape index (κ2) is 8.03.